The zero-order chi connectivity index (χ0) is 13.9. The van der Waals surface area contributed by atoms with Gasteiger partial charge in [-0.25, -0.2) is 0 Å². The number of benzene rings is 1. The third-order valence-electron chi connectivity index (χ3n) is 2.43. The van der Waals surface area contributed by atoms with Crippen LogP contribution in [0.3, 0.4) is 0 Å². The van der Waals surface area contributed by atoms with E-state index in [1.807, 2.05) is 24.3 Å². The summed E-state index contributed by atoms with van der Waals surface area (Å²) in [5, 5.41) is 6.58. The summed E-state index contributed by atoms with van der Waals surface area (Å²) in [4.78, 5) is 0. The second-order valence-electron chi connectivity index (χ2n) is 3.90. The second-order valence-corrected chi connectivity index (χ2v) is 4.81. The molecule has 1 heterocycles. The van der Waals surface area contributed by atoms with Crippen molar-refractivity contribution in [3.8, 4) is 0 Å². The largest absolute Gasteiger partial charge is 0.435 e. The summed E-state index contributed by atoms with van der Waals surface area (Å²) in [5.41, 5.74) is 0.0348. The number of alkyl halides is 3. The van der Waals surface area contributed by atoms with E-state index in [2.05, 4.69) is 26.3 Å². The number of rotatable bonds is 4. The number of aromatic nitrogens is 2. The van der Waals surface area contributed by atoms with Crippen molar-refractivity contribution in [3.63, 3.8) is 0 Å². The molecule has 0 amide bonds. The van der Waals surface area contributed by atoms with Gasteiger partial charge in [0, 0.05) is 22.9 Å². The maximum atomic E-state index is 12.3. The van der Waals surface area contributed by atoms with Gasteiger partial charge in [-0.3, -0.25) is 4.68 Å². The summed E-state index contributed by atoms with van der Waals surface area (Å²) in [7, 11) is 0. The molecule has 0 saturated carbocycles. The summed E-state index contributed by atoms with van der Waals surface area (Å²) < 4.78 is 39.2. The maximum absolute atomic E-state index is 12.3. The van der Waals surface area contributed by atoms with Crippen LogP contribution >= 0.6 is 15.9 Å². The van der Waals surface area contributed by atoms with E-state index >= 15 is 0 Å². The van der Waals surface area contributed by atoms with Crippen molar-refractivity contribution < 1.29 is 13.2 Å². The van der Waals surface area contributed by atoms with E-state index in [1.165, 1.54) is 10.9 Å². The molecule has 0 aliphatic heterocycles. The number of halogens is 4. The summed E-state index contributed by atoms with van der Waals surface area (Å²) in [6, 6.07) is 8.52. The molecule has 1 N–H and O–H groups in total. The Bertz CT molecular complexity index is 551. The first-order chi connectivity index (χ1) is 8.95. The Labute approximate surface area is 116 Å². The molecule has 3 nitrogen and oxygen atoms in total. The Morgan fingerprint density at radius 2 is 2.05 bits per heavy atom. The minimum absolute atomic E-state index is 0.364. The number of hydrogen-bond donors (Lipinski definition) is 1. The first kappa shape index (κ1) is 13.9. The monoisotopic (exact) mass is 333 g/mol. The Balaban J connectivity index is 1.88. The lowest BCUT2D eigenvalue weighted by Crippen LogP contribution is -2.13. The molecule has 0 atom stereocenters. The molecule has 2 aromatic rings. The molecule has 7 heteroatoms. The predicted octanol–water partition coefficient (Wildman–Crippen LogP) is 3.78. The van der Waals surface area contributed by atoms with Crippen LogP contribution in [-0.2, 0) is 12.7 Å². The van der Waals surface area contributed by atoms with Gasteiger partial charge in [-0.05, 0) is 24.3 Å². The Kier molecular flexibility index (Phi) is 4.14. The number of anilines is 1. The van der Waals surface area contributed by atoms with Crippen molar-refractivity contribution in [2.24, 2.45) is 0 Å². The van der Waals surface area contributed by atoms with Gasteiger partial charge in [0.25, 0.3) is 0 Å². The molecule has 0 saturated heterocycles. The fraction of sp³-hybridized carbons (Fsp3) is 0.250. The van der Waals surface area contributed by atoms with Crippen LogP contribution < -0.4 is 5.32 Å². The first-order valence-corrected chi connectivity index (χ1v) is 6.34. The van der Waals surface area contributed by atoms with E-state index in [0.29, 0.717) is 13.1 Å². The Morgan fingerprint density at radius 3 is 2.68 bits per heavy atom. The number of hydrogen-bond acceptors (Lipinski definition) is 2. The highest BCUT2D eigenvalue weighted by atomic mass is 79.9. The van der Waals surface area contributed by atoms with Crippen LogP contribution in [0, 0.1) is 0 Å². The quantitative estimate of drug-likeness (QED) is 0.922. The lowest BCUT2D eigenvalue weighted by molar-refractivity contribution is -0.141. The molecule has 0 radical (unpaired) electrons. The average molecular weight is 334 g/mol. The van der Waals surface area contributed by atoms with Gasteiger partial charge < -0.3 is 5.32 Å². The third-order valence-corrected chi connectivity index (χ3v) is 2.92. The van der Waals surface area contributed by atoms with Crippen LogP contribution in [0.2, 0.25) is 0 Å². The van der Waals surface area contributed by atoms with Gasteiger partial charge in [-0.1, -0.05) is 22.0 Å². The molecule has 102 valence electrons. The maximum Gasteiger partial charge on any atom is 0.435 e. The smallest absolute Gasteiger partial charge is 0.383 e. The van der Waals surface area contributed by atoms with Crippen LogP contribution in [0.1, 0.15) is 5.69 Å². The number of nitrogens with zero attached hydrogens (tertiary/aromatic N) is 2. The summed E-state index contributed by atoms with van der Waals surface area (Å²) in [5.74, 6) is 0. The van der Waals surface area contributed by atoms with Gasteiger partial charge in [-0.2, -0.15) is 18.3 Å². The molecular weight excluding hydrogens is 323 g/mol. The Hall–Kier alpha value is -1.50. The fourth-order valence-electron chi connectivity index (χ4n) is 1.55. The predicted molar refractivity (Wildman–Crippen MR) is 69.9 cm³/mol. The summed E-state index contributed by atoms with van der Waals surface area (Å²) in [6.07, 6.45) is -3.06. The van der Waals surface area contributed by atoms with Crippen molar-refractivity contribution in [1.29, 1.82) is 0 Å². The van der Waals surface area contributed by atoms with Gasteiger partial charge in [-0.15, -0.1) is 0 Å². The van der Waals surface area contributed by atoms with Crippen LogP contribution in [0.25, 0.3) is 0 Å². The van der Waals surface area contributed by atoms with E-state index in [4.69, 9.17) is 0 Å². The Morgan fingerprint density at radius 1 is 1.26 bits per heavy atom. The van der Waals surface area contributed by atoms with Crippen LogP contribution in [0.4, 0.5) is 18.9 Å². The van der Waals surface area contributed by atoms with Gasteiger partial charge >= 0.3 is 6.18 Å². The molecular formula is C12H11BrF3N3. The van der Waals surface area contributed by atoms with E-state index < -0.39 is 11.9 Å². The molecule has 0 bridgehead atoms. The third kappa shape index (κ3) is 3.99. The van der Waals surface area contributed by atoms with E-state index in [9.17, 15) is 13.2 Å². The van der Waals surface area contributed by atoms with Crippen molar-refractivity contribution in [1.82, 2.24) is 9.78 Å². The molecule has 0 spiro atoms. The highest BCUT2D eigenvalue weighted by Crippen LogP contribution is 2.27. The normalized spacial score (nSPS) is 11.6. The molecule has 0 aliphatic carbocycles. The molecule has 1 aromatic carbocycles. The molecule has 1 aromatic heterocycles. The first-order valence-electron chi connectivity index (χ1n) is 5.55. The van der Waals surface area contributed by atoms with E-state index in [0.717, 1.165) is 16.2 Å². The van der Waals surface area contributed by atoms with Crippen LogP contribution in [0.5, 0.6) is 0 Å². The number of nitrogens with one attached hydrogen (secondary N) is 1. The SMILES string of the molecule is FC(F)(F)c1ccn(CCNc2cccc(Br)c2)n1. The zero-order valence-electron chi connectivity index (χ0n) is 9.78. The van der Waals surface area contributed by atoms with Crippen molar-refractivity contribution in [2.45, 2.75) is 12.7 Å². The van der Waals surface area contributed by atoms with Crippen molar-refractivity contribution >= 4 is 21.6 Å². The highest BCUT2D eigenvalue weighted by Gasteiger charge is 2.33. The van der Waals surface area contributed by atoms with Gasteiger partial charge in [0.05, 0.1) is 6.54 Å². The molecule has 2 rings (SSSR count). The lowest BCUT2D eigenvalue weighted by Gasteiger charge is -2.07. The molecule has 0 aliphatic rings. The van der Waals surface area contributed by atoms with Crippen molar-refractivity contribution in [3.05, 3.63) is 46.7 Å². The summed E-state index contributed by atoms with van der Waals surface area (Å²) in [6.45, 7) is 0.859. The van der Waals surface area contributed by atoms with Gasteiger partial charge in [0.2, 0.25) is 0 Å². The van der Waals surface area contributed by atoms with E-state index in [-0.39, 0.29) is 0 Å². The van der Waals surface area contributed by atoms with Crippen molar-refractivity contribution in [2.75, 3.05) is 11.9 Å². The molecule has 0 fully saturated rings. The van der Waals surface area contributed by atoms with Crippen LogP contribution in [0.15, 0.2) is 41.0 Å². The minimum Gasteiger partial charge on any atom is -0.383 e. The average Bonchev–Trinajstić information content (AvgIpc) is 2.77. The molecule has 0 unspecified atom stereocenters. The van der Waals surface area contributed by atoms with Gasteiger partial charge in [0.1, 0.15) is 0 Å². The lowest BCUT2D eigenvalue weighted by atomic mass is 10.3. The highest BCUT2D eigenvalue weighted by molar-refractivity contribution is 9.10. The minimum atomic E-state index is -4.39. The standard InChI is InChI=1S/C12H11BrF3N3/c13-9-2-1-3-10(8-9)17-5-7-19-6-4-11(18-19)12(14,15)16/h1-4,6,8,17H,5,7H2. The second kappa shape index (κ2) is 5.64. The zero-order valence-corrected chi connectivity index (χ0v) is 11.4. The van der Waals surface area contributed by atoms with Crippen LogP contribution in [-0.4, -0.2) is 16.3 Å². The topological polar surface area (TPSA) is 29.9 Å². The summed E-state index contributed by atoms with van der Waals surface area (Å²) >= 11 is 3.34. The van der Waals surface area contributed by atoms with Gasteiger partial charge in [0.15, 0.2) is 5.69 Å². The van der Waals surface area contributed by atoms with E-state index in [1.54, 1.807) is 0 Å². The molecule has 19 heavy (non-hydrogen) atoms. The fourth-order valence-corrected chi connectivity index (χ4v) is 1.95.